The first-order chi connectivity index (χ1) is 9.31. The van der Waals surface area contributed by atoms with E-state index in [1.807, 2.05) is 14.0 Å². The molecule has 2 rings (SSSR count). The molecule has 1 aromatic carbocycles. The van der Waals surface area contributed by atoms with Crippen molar-refractivity contribution in [3.8, 4) is 0 Å². The summed E-state index contributed by atoms with van der Waals surface area (Å²) in [6.45, 7) is 4.82. The van der Waals surface area contributed by atoms with Crippen LogP contribution >= 0.6 is 0 Å². The van der Waals surface area contributed by atoms with Crippen LogP contribution in [0.3, 0.4) is 0 Å². The number of aryl methyl sites for hydroxylation is 1. The fourth-order valence-corrected chi connectivity index (χ4v) is 3.64. The highest BCUT2D eigenvalue weighted by atomic mass is 32.2. The van der Waals surface area contributed by atoms with E-state index in [1.54, 1.807) is 13.0 Å². The second-order valence-electron chi connectivity index (χ2n) is 5.57. The number of nitrogen functional groups attached to an aromatic ring is 1. The summed E-state index contributed by atoms with van der Waals surface area (Å²) in [7, 11) is -1.46. The number of sulfonamides is 1. The van der Waals surface area contributed by atoms with E-state index in [-0.39, 0.29) is 4.90 Å². The molecule has 0 saturated heterocycles. The van der Waals surface area contributed by atoms with Gasteiger partial charge in [-0.15, -0.1) is 0 Å². The number of nitrogens with one attached hydrogen (secondary N) is 1. The molecule has 1 aromatic rings. The summed E-state index contributed by atoms with van der Waals surface area (Å²) in [5.74, 6) is 0. The van der Waals surface area contributed by atoms with Crippen LogP contribution in [0.25, 0.3) is 0 Å². The third kappa shape index (κ3) is 3.50. The first-order valence-corrected chi connectivity index (χ1v) is 8.36. The van der Waals surface area contributed by atoms with Gasteiger partial charge in [-0.25, -0.2) is 13.1 Å². The predicted octanol–water partition coefficient (Wildman–Crippen LogP) is 1.26. The van der Waals surface area contributed by atoms with Crippen LogP contribution in [0.4, 0.5) is 5.69 Å². The first-order valence-electron chi connectivity index (χ1n) is 6.88. The van der Waals surface area contributed by atoms with E-state index in [0.29, 0.717) is 18.3 Å². The smallest absolute Gasteiger partial charge is 0.240 e. The van der Waals surface area contributed by atoms with Gasteiger partial charge < -0.3 is 10.6 Å². The van der Waals surface area contributed by atoms with Gasteiger partial charge in [0.05, 0.1) is 4.90 Å². The predicted molar refractivity (Wildman–Crippen MR) is 81.2 cm³/mol. The highest BCUT2D eigenvalue weighted by molar-refractivity contribution is 7.89. The van der Waals surface area contributed by atoms with Crippen LogP contribution in [0.1, 0.15) is 24.0 Å². The van der Waals surface area contributed by atoms with Crippen molar-refractivity contribution in [2.75, 3.05) is 25.9 Å². The first kappa shape index (κ1) is 15.3. The highest BCUT2D eigenvalue weighted by Crippen LogP contribution is 2.25. The quantitative estimate of drug-likeness (QED) is 0.775. The van der Waals surface area contributed by atoms with Gasteiger partial charge in [-0.05, 0) is 57.0 Å². The van der Waals surface area contributed by atoms with Gasteiger partial charge in [-0.1, -0.05) is 0 Å². The van der Waals surface area contributed by atoms with Gasteiger partial charge in [0, 0.05) is 24.8 Å². The number of hydrogen-bond acceptors (Lipinski definition) is 4. The summed E-state index contributed by atoms with van der Waals surface area (Å²) in [5.41, 5.74) is 7.87. The lowest BCUT2D eigenvalue weighted by Crippen LogP contribution is -2.34. The Morgan fingerprint density at radius 1 is 1.35 bits per heavy atom. The third-order valence-corrected chi connectivity index (χ3v) is 5.45. The number of anilines is 1. The zero-order valence-corrected chi connectivity index (χ0v) is 13.1. The van der Waals surface area contributed by atoms with Crippen LogP contribution in [0, 0.1) is 13.8 Å². The number of likely N-dealkylation sites (N-methyl/N-ethyl adjacent to an activating group) is 1. The molecule has 6 heteroatoms. The maximum Gasteiger partial charge on any atom is 0.240 e. The number of nitrogens with zero attached hydrogens (tertiary/aromatic N) is 1. The Labute approximate surface area is 121 Å². The molecule has 1 saturated carbocycles. The summed E-state index contributed by atoms with van der Waals surface area (Å²) >= 11 is 0. The number of hydrogen-bond donors (Lipinski definition) is 2. The van der Waals surface area contributed by atoms with E-state index in [0.717, 1.165) is 17.7 Å². The van der Waals surface area contributed by atoms with E-state index in [1.165, 1.54) is 18.9 Å². The molecule has 1 fully saturated rings. The molecule has 0 aromatic heterocycles. The molecule has 0 spiro atoms. The van der Waals surface area contributed by atoms with Crippen molar-refractivity contribution < 1.29 is 8.42 Å². The number of benzene rings is 1. The Kier molecular flexibility index (Phi) is 4.36. The third-order valence-electron chi connectivity index (χ3n) is 3.86. The molecule has 1 aliphatic rings. The molecular weight excluding hydrogens is 274 g/mol. The minimum absolute atomic E-state index is 0.282. The van der Waals surface area contributed by atoms with Gasteiger partial charge >= 0.3 is 0 Å². The summed E-state index contributed by atoms with van der Waals surface area (Å²) in [6.07, 6.45) is 2.44. The highest BCUT2D eigenvalue weighted by Gasteiger charge is 2.26. The minimum atomic E-state index is -3.49. The SMILES string of the molecule is Cc1cc(N)cc(S(=O)(=O)NCCN(C)C2CC2)c1C. The molecule has 5 nitrogen and oxygen atoms in total. The average molecular weight is 297 g/mol. The second-order valence-corrected chi connectivity index (χ2v) is 7.31. The monoisotopic (exact) mass is 297 g/mol. The zero-order chi connectivity index (χ0) is 14.9. The Balaban J connectivity index is 2.06. The van der Waals surface area contributed by atoms with Crippen LogP contribution in [0.15, 0.2) is 17.0 Å². The van der Waals surface area contributed by atoms with Gasteiger partial charge in [0.1, 0.15) is 0 Å². The van der Waals surface area contributed by atoms with Gasteiger partial charge in [-0.3, -0.25) is 0 Å². The molecule has 20 heavy (non-hydrogen) atoms. The van der Waals surface area contributed by atoms with Gasteiger partial charge in [0.15, 0.2) is 0 Å². The van der Waals surface area contributed by atoms with Crippen LogP contribution in [0.5, 0.6) is 0 Å². The normalized spacial score (nSPS) is 15.8. The topological polar surface area (TPSA) is 75.4 Å². The lowest BCUT2D eigenvalue weighted by molar-refractivity contribution is 0.329. The molecule has 112 valence electrons. The van der Waals surface area contributed by atoms with Gasteiger partial charge in [0.25, 0.3) is 0 Å². The molecule has 0 atom stereocenters. The molecule has 0 unspecified atom stereocenters. The largest absolute Gasteiger partial charge is 0.399 e. The molecule has 0 heterocycles. The number of rotatable bonds is 6. The minimum Gasteiger partial charge on any atom is -0.399 e. The zero-order valence-electron chi connectivity index (χ0n) is 12.3. The van der Waals surface area contributed by atoms with Crippen molar-refractivity contribution in [1.82, 2.24) is 9.62 Å². The van der Waals surface area contributed by atoms with Crippen LogP contribution in [0.2, 0.25) is 0 Å². The maximum absolute atomic E-state index is 12.3. The molecule has 0 aliphatic heterocycles. The molecule has 0 radical (unpaired) electrons. The van der Waals surface area contributed by atoms with E-state index in [2.05, 4.69) is 9.62 Å². The van der Waals surface area contributed by atoms with E-state index < -0.39 is 10.0 Å². The van der Waals surface area contributed by atoms with Crippen molar-refractivity contribution in [3.05, 3.63) is 23.3 Å². The van der Waals surface area contributed by atoms with Crippen LogP contribution in [-0.4, -0.2) is 39.5 Å². The lowest BCUT2D eigenvalue weighted by atomic mass is 10.1. The van der Waals surface area contributed by atoms with Crippen molar-refractivity contribution in [2.45, 2.75) is 37.6 Å². The summed E-state index contributed by atoms with van der Waals surface area (Å²) in [6, 6.07) is 3.95. The summed E-state index contributed by atoms with van der Waals surface area (Å²) < 4.78 is 27.3. The van der Waals surface area contributed by atoms with Crippen LogP contribution in [-0.2, 0) is 10.0 Å². The Morgan fingerprint density at radius 2 is 2.00 bits per heavy atom. The van der Waals surface area contributed by atoms with E-state index in [4.69, 9.17) is 5.73 Å². The Bertz CT molecular complexity index is 595. The Morgan fingerprint density at radius 3 is 2.60 bits per heavy atom. The molecule has 0 bridgehead atoms. The number of nitrogens with two attached hydrogens (primary N) is 1. The molecular formula is C14H23N3O2S. The fourth-order valence-electron chi connectivity index (χ4n) is 2.26. The van der Waals surface area contributed by atoms with Crippen molar-refractivity contribution in [2.24, 2.45) is 0 Å². The second kappa shape index (κ2) is 5.71. The Hall–Kier alpha value is -1.11. The fraction of sp³-hybridized carbons (Fsp3) is 0.571. The summed E-state index contributed by atoms with van der Waals surface area (Å²) in [4.78, 5) is 2.48. The maximum atomic E-state index is 12.3. The van der Waals surface area contributed by atoms with Gasteiger partial charge in [0.2, 0.25) is 10.0 Å². The van der Waals surface area contributed by atoms with E-state index in [9.17, 15) is 8.42 Å². The molecule has 3 N–H and O–H groups in total. The van der Waals surface area contributed by atoms with Crippen molar-refractivity contribution in [1.29, 1.82) is 0 Å². The van der Waals surface area contributed by atoms with Crippen LogP contribution < -0.4 is 10.5 Å². The van der Waals surface area contributed by atoms with Crippen molar-refractivity contribution in [3.63, 3.8) is 0 Å². The molecule has 0 amide bonds. The van der Waals surface area contributed by atoms with Crippen molar-refractivity contribution >= 4 is 15.7 Å². The van der Waals surface area contributed by atoms with E-state index >= 15 is 0 Å². The summed E-state index contributed by atoms with van der Waals surface area (Å²) in [5, 5.41) is 0. The molecule has 1 aliphatic carbocycles. The average Bonchev–Trinajstić information content (AvgIpc) is 3.17. The standard InChI is InChI=1S/C14H23N3O2S/c1-10-8-12(15)9-14(11(10)2)20(18,19)16-6-7-17(3)13-4-5-13/h8-9,13,16H,4-7,15H2,1-3H3. The lowest BCUT2D eigenvalue weighted by Gasteiger charge is -2.17. The van der Waals surface area contributed by atoms with Gasteiger partial charge in [-0.2, -0.15) is 0 Å².